The molecule has 0 radical (unpaired) electrons. The van der Waals surface area contributed by atoms with Crippen LogP contribution in [0.5, 0.6) is 5.75 Å². The van der Waals surface area contributed by atoms with Crippen molar-refractivity contribution in [1.29, 1.82) is 0 Å². The Hall–Kier alpha value is -0.590. The Labute approximate surface area is 135 Å². The van der Waals surface area contributed by atoms with Gasteiger partial charge in [0.25, 0.3) is 0 Å². The van der Waals surface area contributed by atoms with Crippen LogP contribution in [-0.2, 0) is 9.84 Å². The average Bonchev–Trinajstić information content (AvgIpc) is 2.45. The molecule has 1 aliphatic heterocycles. The summed E-state index contributed by atoms with van der Waals surface area (Å²) in [4.78, 5) is 0. The fraction of sp³-hybridized carbons (Fsp3) is 0.600. The van der Waals surface area contributed by atoms with Crippen molar-refractivity contribution in [2.75, 3.05) is 12.4 Å². The van der Waals surface area contributed by atoms with Crippen molar-refractivity contribution >= 4 is 25.8 Å². The van der Waals surface area contributed by atoms with Crippen LogP contribution in [0.2, 0.25) is 0 Å². The summed E-state index contributed by atoms with van der Waals surface area (Å²) < 4.78 is 30.8. The maximum atomic E-state index is 12.2. The number of sulfone groups is 1. The number of benzene rings is 1. The van der Waals surface area contributed by atoms with Crippen LogP contribution >= 0.6 is 15.9 Å². The van der Waals surface area contributed by atoms with Gasteiger partial charge in [-0.15, -0.1) is 0 Å². The van der Waals surface area contributed by atoms with Crippen LogP contribution in [0, 0.1) is 0 Å². The van der Waals surface area contributed by atoms with Gasteiger partial charge in [0, 0.05) is 6.04 Å². The minimum Gasteiger partial charge on any atom is -0.492 e. The topological polar surface area (TPSA) is 69.4 Å². The van der Waals surface area contributed by atoms with Crippen molar-refractivity contribution in [2.45, 2.75) is 43.9 Å². The van der Waals surface area contributed by atoms with E-state index in [1.54, 1.807) is 0 Å². The van der Waals surface area contributed by atoms with E-state index in [4.69, 9.17) is 10.5 Å². The van der Waals surface area contributed by atoms with E-state index in [2.05, 4.69) is 15.9 Å². The van der Waals surface area contributed by atoms with Gasteiger partial charge in [0.05, 0.1) is 22.1 Å². The SMILES string of the molecule is CCCOc1ccc(C(N)C2CCCCS2(=O)=O)cc1Br. The lowest BCUT2D eigenvalue weighted by Crippen LogP contribution is -2.37. The molecule has 1 saturated heterocycles. The average molecular weight is 376 g/mol. The molecule has 2 N–H and O–H groups in total. The van der Waals surface area contributed by atoms with Crippen molar-refractivity contribution in [1.82, 2.24) is 0 Å². The van der Waals surface area contributed by atoms with Gasteiger partial charge in [0.2, 0.25) is 0 Å². The molecule has 1 aromatic carbocycles. The summed E-state index contributed by atoms with van der Waals surface area (Å²) in [6.45, 7) is 2.70. The molecule has 4 nitrogen and oxygen atoms in total. The van der Waals surface area contributed by atoms with Crippen LogP contribution < -0.4 is 10.5 Å². The Balaban J connectivity index is 2.19. The zero-order valence-electron chi connectivity index (χ0n) is 12.2. The maximum absolute atomic E-state index is 12.2. The smallest absolute Gasteiger partial charge is 0.155 e. The highest BCUT2D eigenvalue weighted by atomic mass is 79.9. The molecular weight excluding hydrogens is 354 g/mol. The van der Waals surface area contributed by atoms with Gasteiger partial charge in [0.1, 0.15) is 5.75 Å². The second-order valence-corrected chi connectivity index (χ2v) is 8.66. The molecule has 6 heteroatoms. The summed E-state index contributed by atoms with van der Waals surface area (Å²) in [5, 5.41) is -0.472. The molecule has 0 aliphatic carbocycles. The molecule has 21 heavy (non-hydrogen) atoms. The lowest BCUT2D eigenvalue weighted by Gasteiger charge is -2.28. The lowest BCUT2D eigenvalue weighted by atomic mass is 10.0. The Morgan fingerprint density at radius 3 is 2.81 bits per heavy atom. The molecule has 0 aromatic heterocycles. The van der Waals surface area contributed by atoms with Gasteiger partial charge >= 0.3 is 0 Å². The van der Waals surface area contributed by atoms with E-state index in [1.807, 2.05) is 25.1 Å². The number of rotatable bonds is 5. The number of nitrogens with two attached hydrogens (primary N) is 1. The van der Waals surface area contributed by atoms with Crippen LogP contribution in [0.25, 0.3) is 0 Å². The fourth-order valence-electron chi connectivity index (χ4n) is 2.65. The molecule has 0 bridgehead atoms. The van der Waals surface area contributed by atoms with Crippen molar-refractivity contribution in [2.24, 2.45) is 5.73 Å². The molecule has 1 aromatic rings. The first kappa shape index (κ1) is 16.8. The quantitative estimate of drug-likeness (QED) is 0.857. The molecule has 1 aliphatic rings. The molecular formula is C15H22BrNO3S. The number of ether oxygens (including phenoxy) is 1. The predicted octanol–water partition coefficient (Wildman–Crippen LogP) is 3.21. The van der Waals surface area contributed by atoms with Crippen molar-refractivity contribution in [3.63, 3.8) is 0 Å². The minimum absolute atomic E-state index is 0.254. The van der Waals surface area contributed by atoms with Gasteiger partial charge in [-0.1, -0.05) is 19.4 Å². The normalized spacial score (nSPS) is 22.7. The highest BCUT2D eigenvalue weighted by molar-refractivity contribution is 9.10. The van der Waals surface area contributed by atoms with Gasteiger partial charge in [-0.05, 0) is 52.9 Å². The summed E-state index contributed by atoms with van der Waals surface area (Å²) in [7, 11) is -3.08. The van der Waals surface area contributed by atoms with Gasteiger partial charge in [-0.25, -0.2) is 8.42 Å². The first-order chi connectivity index (χ1) is 9.95. The highest BCUT2D eigenvalue weighted by Crippen LogP contribution is 2.33. The second kappa shape index (κ2) is 7.11. The Bertz CT molecular complexity index is 589. The fourth-order valence-corrected chi connectivity index (χ4v) is 5.20. The number of halogens is 1. The van der Waals surface area contributed by atoms with Crippen LogP contribution in [0.3, 0.4) is 0 Å². The predicted molar refractivity (Wildman–Crippen MR) is 88.3 cm³/mol. The molecule has 2 atom stereocenters. The zero-order valence-corrected chi connectivity index (χ0v) is 14.6. The standard InChI is InChI=1S/C15H22BrNO3S/c1-2-8-20-13-7-6-11(10-12(13)16)15(17)14-5-3-4-9-21(14,18)19/h6-7,10,14-15H,2-5,8-9,17H2,1H3. The first-order valence-corrected chi connectivity index (χ1v) is 9.86. The third kappa shape index (κ3) is 3.99. The Kier molecular flexibility index (Phi) is 5.68. The van der Waals surface area contributed by atoms with E-state index in [0.29, 0.717) is 13.0 Å². The number of hydrogen-bond acceptors (Lipinski definition) is 4. The summed E-state index contributed by atoms with van der Waals surface area (Å²) in [6, 6.07) is 5.11. The van der Waals surface area contributed by atoms with E-state index >= 15 is 0 Å². The third-order valence-electron chi connectivity index (χ3n) is 3.83. The number of hydrogen-bond donors (Lipinski definition) is 1. The Morgan fingerprint density at radius 2 is 2.19 bits per heavy atom. The van der Waals surface area contributed by atoms with Gasteiger partial charge in [-0.2, -0.15) is 0 Å². The summed E-state index contributed by atoms with van der Waals surface area (Å²) in [5.41, 5.74) is 7.06. The molecule has 2 unspecified atom stereocenters. The van der Waals surface area contributed by atoms with Gasteiger partial charge < -0.3 is 10.5 Å². The van der Waals surface area contributed by atoms with Crippen molar-refractivity contribution < 1.29 is 13.2 Å². The van der Waals surface area contributed by atoms with E-state index in [9.17, 15) is 8.42 Å². The molecule has 0 amide bonds. The monoisotopic (exact) mass is 375 g/mol. The van der Waals surface area contributed by atoms with Crippen LogP contribution in [0.4, 0.5) is 0 Å². The Morgan fingerprint density at radius 1 is 1.43 bits per heavy atom. The maximum Gasteiger partial charge on any atom is 0.155 e. The highest BCUT2D eigenvalue weighted by Gasteiger charge is 2.34. The van der Waals surface area contributed by atoms with Crippen LogP contribution in [0.1, 0.15) is 44.2 Å². The molecule has 1 heterocycles. The summed E-state index contributed by atoms with van der Waals surface area (Å²) in [5.74, 6) is 1.02. The summed E-state index contributed by atoms with van der Waals surface area (Å²) in [6.07, 6.45) is 3.26. The molecule has 2 rings (SSSR count). The van der Waals surface area contributed by atoms with Gasteiger partial charge in [-0.3, -0.25) is 0 Å². The molecule has 1 fully saturated rings. The lowest BCUT2D eigenvalue weighted by molar-refractivity contribution is 0.315. The summed E-state index contributed by atoms with van der Waals surface area (Å²) >= 11 is 3.47. The third-order valence-corrected chi connectivity index (χ3v) is 6.76. The van der Waals surface area contributed by atoms with E-state index in [1.165, 1.54) is 0 Å². The first-order valence-electron chi connectivity index (χ1n) is 7.35. The van der Waals surface area contributed by atoms with Crippen molar-refractivity contribution in [3.8, 4) is 5.75 Å². The van der Waals surface area contributed by atoms with E-state index < -0.39 is 21.1 Å². The van der Waals surface area contributed by atoms with Crippen LogP contribution in [0.15, 0.2) is 22.7 Å². The van der Waals surface area contributed by atoms with E-state index in [0.717, 1.165) is 35.0 Å². The molecule has 118 valence electrons. The zero-order chi connectivity index (χ0) is 15.5. The van der Waals surface area contributed by atoms with E-state index in [-0.39, 0.29) is 5.75 Å². The minimum atomic E-state index is -3.08. The molecule has 0 spiro atoms. The second-order valence-electron chi connectivity index (χ2n) is 5.47. The van der Waals surface area contributed by atoms with Crippen molar-refractivity contribution in [3.05, 3.63) is 28.2 Å². The van der Waals surface area contributed by atoms with Crippen LogP contribution in [-0.4, -0.2) is 26.0 Å². The largest absolute Gasteiger partial charge is 0.492 e. The molecule has 0 saturated carbocycles. The van der Waals surface area contributed by atoms with Gasteiger partial charge in [0.15, 0.2) is 9.84 Å².